The van der Waals surface area contributed by atoms with Gasteiger partial charge in [0, 0.05) is 43.2 Å². The zero-order valence-electron chi connectivity index (χ0n) is 14.1. The van der Waals surface area contributed by atoms with Gasteiger partial charge in [0.15, 0.2) is 0 Å². The Labute approximate surface area is 146 Å². The molecule has 1 aliphatic carbocycles. The summed E-state index contributed by atoms with van der Waals surface area (Å²) in [6.07, 6.45) is 13.6. The third-order valence-electron chi connectivity index (χ3n) is 4.77. The highest BCUT2D eigenvalue weighted by atomic mass is 16.5. The van der Waals surface area contributed by atoms with E-state index in [0.717, 1.165) is 24.2 Å². The summed E-state index contributed by atoms with van der Waals surface area (Å²) in [5.41, 5.74) is 1.40. The first-order valence-electron chi connectivity index (χ1n) is 8.54. The third kappa shape index (κ3) is 3.07. The Morgan fingerprint density at radius 1 is 1.20 bits per heavy atom. The van der Waals surface area contributed by atoms with Crippen LogP contribution in [0.4, 0.5) is 5.95 Å². The van der Waals surface area contributed by atoms with E-state index in [9.17, 15) is 4.79 Å². The van der Waals surface area contributed by atoms with Crippen LogP contribution in [0.2, 0.25) is 0 Å². The fourth-order valence-corrected chi connectivity index (χ4v) is 3.35. The van der Waals surface area contributed by atoms with E-state index in [-0.39, 0.29) is 5.56 Å². The summed E-state index contributed by atoms with van der Waals surface area (Å²) in [4.78, 5) is 23.0. The standard InChI is InChI=1S/C19H20N4O2/c1-22-18(24)12-16(14-6-8-20-9-7-14)21-19(22)23-10-11-25-17(13-23)15-4-2-3-5-15/h6-13,15H,2-5H2,1H3. The van der Waals surface area contributed by atoms with Crippen molar-refractivity contribution in [2.75, 3.05) is 4.90 Å². The smallest absolute Gasteiger partial charge is 0.255 e. The maximum Gasteiger partial charge on any atom is 0.255 e. The molecular weight excluding hydrogens is 316 g/mol. The molecule has 4 rings (SSSR count). The van der Waals surface area contributed by atoms with Gasteiger partial charge in [-0.15, -0.1) is 0 Å². The first kappa shape index (κ1) is 15.6. The summed E-state index contributed by atoms with van der Waals surface area (Å²) >= 11 is 0. The summed E-state index contributed by atoms with van der Waals surface area (Å²) in [6.45, 7) is 0. The molecule has 0 aromatic carbocycles. The van der Waals surface area contributed by atoms with Gasteiger partial charge in [0.1, 0.15) is 12.0 Å². The Hall–Kier alpha value is -2.89. The van der Waals surface area contributed by atoms with Crippen LogP contribution in [-0.4, -0.2) is 14.5 Å². The zero-order chi connectivity index (χ0) is 17.2. The van der Waals surface area contributed by atoms with Gasteiger partial charge in [0.2, 0.25) is 5.95 Å². The number of aromatic nitrogens is 3. The van der Waals surface area contributed by atoms with Crippen LogP contribution in [0, 0.1) is 5.92 Å². The normalized spacial score (nSPS) is 17.5. The fraction of sp³-hybridized carbons (Fsp3) is 0.316. The van der Waals surface area contributed by atoms with E-state index in [4.69, 9.17) is 9.72 Å². The van der Waals surface area contributed by atoms with Gasteiger partial charge in [-0.05, 0) is 25.0 Å². The number of anilines is 1. The van der Waals surface area contributed by atoms with E-state index in [1.165, 1.54) is 12.8 Å². The van der Waals surface area contributed by atoms with E-state index in [0.29, 0.717) is 17.6 Å². The second kappa shape index (κ2) is 6.55. The van der Waals surface area contributed by atoms with E-state index in [1.807, 2.05) is 23.2 Å². The molecule has 6 nitrogen and oxygen atoms in total. The summed E-state index contributed by atoms with van der Waals surface area (Å²) < 4.78 is 7.26. The van der Waals surface area contributed by atoms with Crippen LogP contribution in [-0.2, 0) is 11.8 Å². The van der Waals surface area contributed by atoms with Gasteiger partial charge in [-0.2, -0.15) is 0 Å². The van der Waals surface area contributed by atoms with Crippen LogP contribution in [0.3, 0.4) is 0 Å². The molecule has 0 amide bonds. The largest absolute Gasteiger partial charge is 0.466 e. The Morgan fingerprint density at radius 3 is 2.72 bits per heavy atom. The van der Waals surface area contributed by atoms with Gasteiger partial charge in [0.25, 0.3) is 5.56 Å². The molecule has 2 aliphatic rings. The maximum atomic E-state index is 12.4. The second-order valence-electron chi connectivity index (χ2n) is 6.40. The van der Waals surface area contributed by atoms with Crippen molar-refractivity contribution in [1.82, 2.24) is 14.5 Å². The third-order valence-corrected chi connectivity index (χ3v) is 4.77. The van der Waals surface area contributed by atoms with Crippen molar-refractivity contribution in [3.63, 3.8) is 0 Å². The van der Waals surface area contributed by atoms with Gasteiger partial charge in [-0.25, -0.2) is 4.98 Å². The van der Waals surface area contributed by atoms with E-state index in [2.05, 4.69) is 4.98 Å². The highest BCUT2D eigenvalue weighted by molar-refractivity contribution is 5.60. The van der Waals surface area contributed by atoms with E-state index < -0.39 is 0 Å². The molecular formula is C19H20N4O2. The predicted octanol–water partition coefficient (Wildman–Crippen LogP) is 3.18. The van der Waals surface area contributed by atoms with Crippen LogP contribution < -0.4 is 10.5 Å². The topological polar surface area (TPSA) is 60.2 Å². The van der Waals surface area contributed by atoms with Gasteiger partial charge < -0.3 is 4.74 Å². The lowest BCUT2D eigenvalue weighted by Gasteiger charge is -2.24. The Bertz CT molecular complexity index is 880. The number of pyridine rings is 1. The van der Waals surface area contributed by atoms with E-state index in [1.54, 1.807) is 42.5 Å². The molecule has 0 unspecified atom stereocenters. The van der Waals surface area contributed by atoms with Gasteiger partial charge in [0.05, 0.1) is 11.9 Å². The Morgan fingerprint density at radius 2 is 1.96 bits per heavy atom. The molecule has 0 atom stereocenters. The minimum absolute atomic E-state index is 0.104. The quantitative estimate of drug-likeness (QED) is 0.861. The average molecular weight is 336 g/mol. The van der Waals surface area contributed by atoms with Crippen LogP contribution in [0.25, 0.3) is 11.3 Å². The average Bonchev–Trinajstić information content (AvgIpc) is 3.19. The summed E-state index contributed by atoms with van der Waals surface area (Å²) in [7, 11) is 1.73. The molecule has 1 fully saturated rings. The highest BCUT2D eigenvalue weighted by Crippen LogP contribution is 2.33. The lowest BCUT2D eigenvalue weighted by molar-refractivity contribution is 0.281. The predicted molar refractivity (Wildman–Crippen MR) is 95.5 cm³/mol. The van der Waals surface area contributed by atoms with Crippen molar-refractivity contribution < 1.29 is 4.74 Å². The molecule has 0 saturated heterocycles. The molecule has 1 aliphatic heterocycles. The number of ether oxygens (including phenoxy) is 1. The molecule has 0 N–H and O–H groups in total. The number of allylic oxidation sites excluding steroid dienone is 1. The number of rotatable bonds is 3. The van der Waals surface area contributed by atoms with Crippen molar-refractivity contribution in [2.24, 2.45) is 13.0 Å². The molecule has 2 aromatic rings. The molecule has 3 heterocycles. The Balaban J connectivity index is 1.74. The molecule has 0 radical (unpaired) electrons. The minimum atomic E-state index is -0.104. The van der Waals surface area contributed by atoms with Crippen LogP contribution in [0.1, 0.15) is 25.7 Å². The zero-order valence-corrected chi connectivity index (χ0v) is 14.1. The summed E-state index contributed by atoms with van der Waals surface area (Å²) in [6, 6.07) is 5.24. The molecule has 0 spiro atoms. The molecule has 128 valence electrons. The van der Waals surface area contributed by atoms with E-state index >= 15 is 0 Å². The van der Waals surface area contributed by atoms with Crippen molar-refractivity contribution in [2.45, 2.75) is 25.7 Å². The lowest BCUT2D eigenvalue weighted by atomic mass is 10.1. The molecule has 6 heteroatoms. The van der Waals surface area contributed by atoms with Crippen molar-refractivity contribution in [3.05, 3.63) is 65.4 Å². The van der Waals surface area contributed by atoms with Crippen molar-refractivity contribution in [3.8, 4) is 11.3 Å². The number of hydrogen-bond donors (Lipinski definition) is 0. The minimum Gasteiger partial charge on any atom is -0.466 e. The van der Waals surface area contributed by atoms with Crippen molar-refractivity contribution >= 4 is 5.95 Å². The first-order valence-corrected chi connectivity index (χ1v) is 8.54. The molecule has 1 saturated carbocycles. The molecule has 0 bridgehead atoms. The monoisotopic (exact) mass is 336 g/mol. The maximum absolute atomic E-state index is 12.4. The first-order chi connectivity index (χ1) is 12.2. The van der Waals surface area contributed by atoms with Gasteiger partial charge >= 0.3 is 0 Å². The molecule has 2 aromatic heterocycles. The Kier molecular flexibility index (Phi) is 4.09. The second-order valence-corrected chi connectivity index (χ2v) is 6.40. The lowest BCUT2D eigenvalue weighted by Crippen LogP contribution is -2.27. The van der Waals surface area contributed by atoms with Gasteiger partial charge in [-0.3, -0.25) is 19.2 Å². The fourth-order valence-electron chi connectivity index (χ4n) is 3.35. The molecule has 25 heavy (non-hydrogen) atoms. The van der Waals surface area contributed by atoms with Crippen molar-refractivity contribution in [1.29, 1.82) is 0 Å². The van der Waals surface area contributed by atoms with Crippen LogP contribution in [0.5, 0.6) is 0 Å². The van der Waals surface area contributed by atoms with Crippen LogP contribution >= 0.6 is 0 Å². The highest BCUT2D eigenvalue weighted by Gasteiger charge is 2.24. The number of nitrogens with zero attached hydrogens (tertiary/aromatic N) is 4. The summed E-state index contributed by atoms with van der Waals surface area (Å²) in [5.74, 6) is 1.96. The SMILES string of the molecule is Cn1c(N2C=COC(C3CCCC3)=C2)nc(-c2ccncc2)cc1=O. The van der Waals surface area contributed by atoms with Crippen LogP contribution in [0.15, 0.2) is 59.8 Å². The summed E-state index contributed by atoms with van der Waals surface area (Å²) in [5, 5.41) is 0. The number of hydrogen-bond acceptors (Lipinski definition) is 5. The van der Waals surface area contributed by atoms with Gasteiger partial charge in [-0.1, -0.05) is 12.8 Å².